The molecule has 0 saturated carbocycles. The van der Waals surface area contributed by atoms with Gasteiger partial charge in [-0.05, 0) is 18.2 Å². The molecular weight excluding hydrogens is 349 g/mol. The maximum absolute atomic E-state index is 11.6. The van der Waals surface area contributed by atoms with Crippen LogP contribution in [0.3, 0.4) is 0 Å². The molecule has 1 aromatic carbocycles. The van der Waals surface area contributed by atoms with E-state index in [4.69, 9.17) is 9.84 Å². The Morgan fingerprint density at radius 3 is 2.33 bits per heavy atom. The van der Waals surface area contributed by atoms with Gasteiger partial charge in [0.1, 0.15) is 13.2 Å². The molecule has 0 radical (unpaired) electrons. The van der Waals surface area contributed by atoms with Crippen molar-refractivity contribution in [3.8, 4) is 11.5 Å². The topological polar surface area (TPSA) is 66.8 Å². The fraction of sp³-hybridized carbons (Fsp3) is 0.417. The zero-order valence-electron chi connectivity index (χ0n) is 10.7. The molecule has 0 atom stereocenters. The average Bonchev–Trinajstić information content (AvgIpc) is 2.20. The first-order chi connectivity index (χ1) is 7.79. The summed E-state index contributed by atoms with van der Waals surface area (Å²) in [4.78, 5) is 11.6. The smallest absolute Gasteiger partial charge is 0.338 e. The number of phenols is 2. The Kier molecular flexibility index (Phi) is 6.41. The number of rotatable bonds is 4. The predicted octanol–water partition coefficient (Wildman–Crippen LogP) is -2.04. The molecule has 0 amide bonds. The number of carbonyl (C=O) groups excluding carboxylic acids is 1. The van der Waals surface area contributed by atoms with Crippen molar-refractivity contribution in [3.05, 3.63) is 23.8 Å². The van der Waals surface area contributed by atoms with E-state index in [1.54, 1.807) is 0 Å². The molecule has 0 spiro atoms. The monoisotopic (exact) mass is 367 g/mol. The summed E-state index contributed by atoms with van der Waals surface area (Å²) < 4.78 is 5.75. The number of aromatic hydroxyl groups is 2. The van der Waals surface area contributed by atoms with Crippen LogP contribution < -0.4 is 24.0 Å². The van der Waals surface area contributed by atoms with Gasteiger partial charge in [-0.15, -0.1) is 0 Å². The van der Waals surface area contributed by atoms with Crippen molar-refractivity contribution in [3.63, 3.8) is 0 Å². The third kappa shape index (κ3) is 5.54. The number of hydrogen-bond donors (Lipinski definition) is 2. The van der Waals surface area contributed by atoms with E-state index in [0.29, 0.717) is 17.6 Å². The maximum atomic E-state index is 11.6. The van der Waals surface area contributed by atoms with Crippen LogP contribution in [-0.4, -0.2) is 55.0 Å². The summed E-state index contributed by atoms with van der Waals surface area (Å²) in [5.74, 6) is -1.09. The van der Waals surface area contributed by atoms with Gasteiger partial charge in [0.15, 0.2) is 11.5 Å². The van der Waals surface area contributed by atoms with Crippen LogP contribution in [0.1, 0.15) is 10.4 Å². The third-order valence-corrected chi connectivity index (χ3v) is 2.21. The summed E-state index contributed by atoms with van der Waals surface area (Å²) in [6.45, 7) is 1.01. The first-order valence-corrected chi connectivity index (χ1v) is 5.29. The van der Waals surface area contributed by atoms with Crippen molar-refractivity contribution in [1.29, 1.82) is 0 Å². The molecule has 18 heavy (non-hydrogen) atoms. The minimum absolute atomic E-state index is 0. The molecule has 2 N–H and O–H groups in total. The second kappa shape index (κ2) is 6.79. The van der Waals surface area contributed by atoms with Gasteiger partial charge in [0.05, 0.1) is 26.7 Å². The van der Waals surface area contributed by atoms with Gasteiger partial charge in [-0.25, -0.2) is 4.79 Å². The quantitative estimate of drug-likeness (QED) is 0.279. The molecule has 0 heterocycles. The Balaban J connectivity index is 0.00000289. The molecule has 0 unspecified atom stereocenters. The first-order valence-electron chi connectivity index (χ1n) is 5.29. The molecule has 6 heteroatoms. The highest BCUT2D eigenvalue weighted by Gasteiger charge is 2.12. The van der Waals surface area contributed by atoms with Crippen LogP contribution in [-0.2, 0) is 4.74 Å². The van der Waals surface area contributed by atoms with Gasteiger partial charge in [-0.3, -0.25) is 0 Å². The second-order valence-corrected chi connectivity index (χ2v) is 4.85. The third-order valence-electron chi connectivity index (χ3n) is 2.21. The van der Waals surface area contributed by atoms with Crippen LogP contribution in [0.5, 0.6) is 11.5 Å². The number of quaternary nitrogens is 1. The number of hydrogen-bond acceptors (Lipinski definition) is 4. The molecule has 0 saturated heterocycles. The summed E-state index contributed by atoms with van der Waals surface area (Å²) in [5.41, 5.74) is 0.224. The fourth-order valence-electron chi connectivity index (χ4n) is 1.15. The van der Waals surface area contributed by atoms with Crippen LogP contribution in [0.25, 0.3) is 0 Å². The Hall–Kier alpha value is -1.02. The van der Waals surface area contributed by atoms with Crippen LogP contribution in [0, 0.1) is 0 Å². The fourth-order valence-corrected chi connectivity index (χ4v) is 1.15. The van der Waals surface area contributed by atoms with E-state index in [9.17, 15) is 9.90 Å². The Morgan fingerprint density at radius 1 is 1.22 bits per heavy atom. The lowest BCUT2D eigenvalue weighted by atomic mass is 10.2. The largest absolute Gasteiger partial charge is 1.00 e. The van der Waals surface area contributed by atoms with Crippen molar-refractivity contribution >= 4 is 5.97 Å². The summed E-state index contributed by atoms with van der Waals surface area (Å²) in [7, 11) is 6.00. The normalized spacial score (nSPS) is 10.6. The van der Waals surface area contributed by atoms with Crippen molar-refractivity contribution < 1.29 is 48.2 Å². The Bertz CT molecular complexity index is 415. The maximum Gasteiger partial charge on any atom is 0.338 e. The molecule has 0 aliphatic carbocycles. The van der Waals surface area contributed by atoms with Crippen LogP contribution in [0.15, 0.2) is 18.2 Å². The van der Waals surface area contributed by atoms with Gasteiger partial charge < -0.3 is 43.4 Å². The van der Waals surface area contributed by atoms with E-state index < -0.39 is 5.97 Å². The zero-order valence-corrected chi connectivity index (χ0v) is 12.8. The molecule has 1 rings (SSSR count). The summed E-state index contributed by atoms with van der Waals surface area (Å²) in [5, 5.41) is 18.3. The van der Waals surface area contributed by atoms with E-state index in [2.05, 4.69) is 0 Å². The Morgan fingerprint density at radius 2 is 1.83 bits per heavy atom. The highest BCUT2D eigenvalue weighted by molar-refractivity contribution is 5.90. The number of nitrogens with zero attached hydrogens (tertiary/aromatic N) is 1. The molecule has 0 fully saturated rings. The van der Waals surface area contributed by atoms with Crippen molar-refractivity contribution in [2.24, 2.45) is 0 Å². The molecule has 1 aromatic rings. The van der Waals surface area contributed by atoms with Crippen LogP contribution >= 0.6 is 0 Å². The van der Waals surface area contributed by atoms with Gasteiger partial charge in [-0.2, -0.15) is 0 Å². The molecule has 0 aliphatic rings. The van der Waals surface area contributed by atoms with E-state index in [0.717, 1.165) is 0 Å². The van der Waals surface area contributed by atoms with Gasteiger partial charge in [0.2, 0.25) is 0 Å². The van der Waals surface area contributed by atoms with E-state index in [-0.39, 0.29) is 41.0 Å². The summed E-state index contributed by atoms with van der Waals surface area (Å²) in [6.07, 6.45) is 0. The van der Waals surface area contributed by atoms with E-state index in [1.165, 1.54) is 18.2 Å². The average molecular weight is 367 g/mol. The molecule has 102 valence electrons. The zero-order chi connectivity index (χ0) is 13.1. The molecule has 0 aliphatic heterocycles. The lowest BCUT2D eigenvalue weighted by Gasteiger charge is -2.23. The number of halogens is 1. The lowest BCUT2D eigenvalue weighted by Crippen LogP contribution is -3.00. The van der Waals surface area contributed by atoms with Gasteiger partial charge in [0, 0.05) is 0 Å². The molecule has 0 aromatic heterocycles. The second-order valence-electron chi connectivity index (χ2n) is 4.85. The van der Waals surface area contributed by atoms with Crippen molar-refractivity contribution in [2.45, 2.75) is 0 Å². The van der Waals surface area contributed by atoms with Crippen LogP contribution in [0.2, 0.25) is 0 Å². The number of benzene rings is 1. The highest BCUT2D eigenvalue weighted by Crippen LogP contribution is 2.25. The predicted molar refractivity (Wildman–Crippen MR) is 63.0 cm³/mol. The van der Waals surface area contributed by atoms with Gasteiger partial charge in [-0.1, -0.05) is 0 Å². The SMILES string of the molecule is C[N+](C)(C)CCOC(=O)c1ccc(O)c(O)c1.[I-]. The Labute approximate surface area is 124 Å². The number of phenolic OH excluding ortho intramolecular Hbond substituents is 2. The minimum atomic E-state index is -0.506. The standard InChI is InChI=1S/C12H17NO4.HI/c1-13(2,3)6-7-17-12(16)9-4-5-10(14)11(15)8-9;/h4-5,8H,6-7H2,1-3H3,(H-,14,15,16);1H. The number of ether oxygens (including phenoxy) is 1. The number of likely N-dealkylation sites (N-methyl/N-ethyl adjacent to an activating group) is 1. The van der Waals surface area contributed by atoms with Crippen molar-refractivity contribution in [1.82, 2.24) is 0 Å². The van der Waals surface area contributed by atoms with Gasteiger partial charge >= 0.3 is 5.97 Å². The number of esters is 1. The molecular formula is C12H18INO4. The molecule has 0 bridgehead atoms. The van der Waals surface area contributed by atoms with E-state index in [1.807, 2.05) is 21.1 Å². The first kappa shape index (κ1) is 17.0. The van der Waals surface area contributed by atoms with Crippen molar-refractivity contribution in [2.75, 3.05) is 34.3 Å². The van der Waals surface area contributed by atoms with Crippen LogP contribution in [0.4, 0.5) is 0 Å². The highest BCUT2D eigenvalue weighted by atomic mass is 127. The number of carbonyl (C=O) groups is 1. The van der Waals surface area contributed by atoms with Gasteiger partial charge in [0.25, 0.3) is 0 Å². The van der Waals surface area contributed by atoms with E-state index >= 15 is 0 Å². The summed E-state index contributed by atoms with van der Waals surface area (Å²) in [6, 6.07) is 3.85. The lowest BCUT2D eigenvalue weighted by molar-refractivity contribution is -0.870. The minimum Gasteiger partial charge on any atom is -1.00 e. The summed E-state index contributed by atoms with van der Waals surface area (Å²) >= 11 is 0. The molecule has 5 nitrogen and oxygen atoms in total.